The third kappa shape index (κ3) is 2.93. The lowest BCUT2D eigenvalue weighted by Gasteiger charge is -2.13. The number of hydrogen-bond acceptors (Lipinski definition) is 3. The molecule has 0 aromatic heterocycles. The van der Waals surface area contributed by atoms with Gasteiger partial charge in [-0.1, -0.05) is 67.9 Å². The summed E-state index contributed by atoms with van der Waals surface area (Å²) in [5.41, 5.74) is 3.01. The average Bonchev–Trinajstić information content (AvgIpc) is 3.03. The molecule has 0 bridgehead atoms. The van der Waals surface area contributed by atoms with E-state index in [0.717, 1.165) is 45.3 Å². The van der Waals surface area contributed by atoms with Gasteiger partial charge in [0.1, 0.15) is 0 Å². The summed E-state index contributed by atoms with van der Waals surface area (Å²) >= 11 is 0. The second-order valence-electron chi connectivity index (χ2n) is 6.94. The van der Waals surface area contributed by atoms with E-state index >= 15 is 0 Å². The van der Waals surface area contributed by atoms with Crippen LogP contribution >= 0.6 is 0 Å². The smallest absolute Gasteiger partial charge is 0.0849 e. The predicted octanol–water partition coefficient (Wildman–Crippen LogP) is 5.07. The summed E-state index contributed by atoms with van der Waals surface area (Å²) in [6.45, 7) is 2.25. The summed E-state index contributed by atoms with van der Waals surface area (Å²) < 4.78 is 18.6. The molecule has 0 radical (unpaired) electrons. The van der Waals surface area contributed by atoms with Gasteiger partial charge in [0.05, 0.1) is 26.1 Å². The molecule has 3 aromatic rings. The highest BCUT2D eigenvalue weighted by Gasteiger charge is 2.26. The van der Waals surface area contributed by atoms with E-state index in [1.54, 1.807) is 0 Å². The van der Waals surface area contributed by atoms with Gasteiger partial charge in [-0.3, -0.25) is 0 Å². The van der Waals surface area contributed by atoms with Crippen LogP contribution in [0.4, 0.5) is 5.69 Å². The van der Waals surface area contributed by atoms with Crippen LogP contribution in [-0.4, -0.2) is 15.9 Å². The van der Waals surface area contributed by atoms with E-state index in [9.17, 15) is 9.32 Å². The zero-order valence-electron chi connectivity index (χ0n) is 14.9. The Balaban J connectivity index is 1.84. The standard InChI is InChI=1S/C22H23NO2S/c1-2-16(14-24)13-18-9-5-10-19-15-26(25,23-22(18)19)21-12-6-8-17-7-3-4-11-20(17)21/h3-12,16,24H,2,13-15H2,1H3. The van der Waals surface area contributed by atoms with E-state index in [0.29, 0.717) is 5.75 Å². The summed E-state index contributed by atoms with van der Waals surface area (Å²) in [4.78, 5) is 0.826. The Bertz CT molecular complexity index is 1070. The van der Waals surface area contributed by atoms with Crippen molar-refractivity contribution < 1.29 is 9.32 Å². The lowest BCUT2D eigenvalue weighted by Crippen LogP contribution is -2.08. The highest BCUT2D eigenvalue weighted by molar-refractivity contribution is 7.93. The number of rotatable bonds is 5. The topological polar surface area (TPSA) is 49.7 Å². The van der Waals surface area contributed by atoms with Gasteiger partial charge in [0.2, 0.25) is 0 Å². The lowest BCUT2D eigenvalue weighted by atomic mass is 9.95. The minimum absolute atomic E-state index is 0.166. The third-order valence-electron chi connectivity index (χ3n) is 5.23. The van der Waals surface area contributed by atoms with Gasteiger partial charge in [0.15, 0.2) is 0 Å². The van der Waals surface area contributed by atoms with Crippen LogP contribution in [0.25, 0.3) is 10.8 Å². The molecule has 3 nitrogen and oxygen atoms in total. The van der Waals surface area contributed by atoms with Crippen molar-refractivity contribution in [2.45, 2.75) is 30.4 Å². The van der Waals surface area contributed by atoms with Gasteiger partial charge in [-0.25, -0.2) is 4.21 Å². The molecule has 0 aliphatic carbocycles. The molecule has 1 aliphatic rings. The van der Waals surface area contributed by atoms with Gasteiger partial charge >= 0.3 is 0 Å². The zero-order chi connectivity index (χ0) is 18.1. The minimum atomic E-state index is -2.53. The van der Waals surface area contributed by atoms with Crippen molar-refractivity contribution in [3.63, 3.8) is 0 Å². The molecule has 1 aliphatic heterocycles. The molecule has 3 aromatic carbocycles. The van der Waals surface area contributed by atoms with Gasteiger partial charge in [-0.05, 0) is 40.3 Å². The van der Waals surface area contributed by atoms with E-state index in [2.05, 4.69) is 13.0 Å². The molecule has 0 spiro atoms. The van der Waals surface area contributed by atoms with Gasteiger partial charge in [0.25, 0.3) is 0 Å². The molecular formula is C22H23NO2S. The zero-order valence-corrected chi connectivity index (χ0v) is 15.7. The Kier molecular flexibility index (Phi) is 4.55. The SMILES string of the molecule is CCC(CO)Cc1cccc2c1N=S(=O)(c1cccc3ccccc13)C2. The first-order valence-corrected chi connectivity index (χ1v) is 10.8. The van der Waals surface area contributed by atoms with Crippen LogP contribution in [0.5, 0.6) is 0 Å². The molecule has 0 saturated heterocycles. The van der Waals surface area contributed by atoms with E-state index in [-0.39, 0.29) is 12.5 Å². The molecule has 1 heterocycles. The van der Waals surface area contributed by atoms with Crippen LogP contribution in [0.15, 0.2) is 69.9 Å². The maximum Gasteiger partial charge on any atom is 0.0849 e. The van der Waals surface area contributed by atoms with Crippen LogP contribution in [0.2, 0.25) is 0 Å². The number of benzene rings is 3. The second-order valence-corrected chi connectivity index (χ2v) is 9.13. The Morgan fingerprint density at radius 2 is 1.85 bits per heavy atom. The largest absolute Gasteiger partial charge is 0.396 e. The Hall–Kier alpha value is -2.17. The fourth-order valence-corrected chi connectivity index (χ4v) is 6.01. The number of aliphatic hydroxyl groups is 1. The van der Waals surface area contributed by atoms with Crippen molar-refractivity contribution >= 4 is 26.2 Å². The van der Waals surface area contributed by atoms with Crippen LogP contribution in [0.1, 0.15) is 24.5 Å². The predicted molar refractivity (Wildman–Crippen MR) is 107 cm³/mol. The molecule has 2 unspecified atom stereocenters. The highest BCUT2D eigenvalue weighted by Crippen LogP contribution is 2.40. The maximum absolute atomic E-state index is 13.8. The van der Waals surface area contributed by atoms with E-state index in [1.165, 1.54) is 0 Å². The van der Waals surface area contributed by atoms with Crippen molar-refractivity contribution in [2.24, 2.45) is 10.3 Å². The quantitative estimate of drug-likeness (QED) is 0.686. The molecule has 26 heavy (non-hydrogen) atoms. The highest BCUT2D eigenvalue weighted by atomic mass is 32.2. The molecule has 2 atom stereocenters. The van der Waals surface area contributed by atoms with Crippen LogP contribution in [-0.2, 0) is 21.9 Å². The lowest BCUT2D eigenvalue weighted by molar-refractivity contribution is 0.222. The summed E-state index contributed by atoms with van der Waals surface area (Å²) in [6, 6.07) is 20.1. The average molecular weight is 365 g/mol. The van der Waals surface area contributed by atoms with Crippen LogP contribution in [0.3, 0.4) is 0 Å². The summed E-state index contributed by atoms with van der Waals surface area (Å²) in [5, 5.41) is 11.6. The first-order chi connectivity index (χ1) is 12.6. The van der Waals surface area contributed by atoms with Crippen LogP contribution < -0.4 is 0 Å². The molecule has 4 heteroatoms. The van der Waals surface area contributed by atoms with Gasteiger partial charge in [0, 0.05) is 6.61 Å². The minimum Gasteiger partial charge on any atom is -0.396 e. The molecule has 0 fully saturated rings. The van der Waals surface area contributed by atoms with Crippen molar-refractivity contribution in [1.82, 2.24) is 0 Å². The Morgan fingerprint density at radius 1 is 1.08 bits per heavy atom. The summed E-state index contributed by atoms with van der Waals surface area (Å²) in [5.74, 6) is 0.672. The number of aliphatic hydroxyl groups excluding tert-OH is 1. The normalized spacial score (nSPS) is 19.9. The van der Waals surface area contributed by atoms with E-state index in [1.807, 2.05) is 54.6 Å². The Morgan fingerprint density at radius 3 is 2.65 bits per heavy atom. The Labute approximate surface area is 154 Å². The first kappa shape index (κ1) is 17.3. The van der Waals surface area contributed by atoms with Crippen molar-refractivity contribution in [3.05, 3.63) is 71.8 Å². The number of hydrogen-bond donors (Lipinski definition) is 1. The molecule has 0 saturated carbocycles. The van der Waals surface area contributed by atoms with Crippen molar-refractivity contribution in [3.8, 4) is 0 Å². The maximum atomic E-state index is 13.8. The summed E-state index contributed by atoms with van der Waals surface area (Å²) in [7, 11) is -2.53. The second kappa shape index (κ2) is 6.86. The molecule has 134 valence electrons. The molecule has 1 N–H and O–H groups in total. The number of nitrogens with zero attached hydrogens (tertiary/aromatic N) is 1. The van der Waals surface area contributed by atoms with E-state index in [4.69, 9.17) is 4.36 Å². The molecular weight excluding hydrogens is 342 g/mol. The molecule has 0 amide bonds. The fourth-order valence-electron chi connectivity index (χ4n) is 3.68. The monoisotopic (exact) mass is 365 g/mol. The molecule has 4 rings (SSSR count). The van der Waals surface area contributed by atoms with Crippen LogP contribution in [0, 0.1) is 5.92 Å². The van der Waals surface area contributed by atoms with Gasteiger partial charge < -0.3 is 5.11 Å². The van der Waals surface area contributed by atoms with Gasteiger partial charge in [-0.15, -0.1) is 0 Å². The van der Waals surface area contributed by atoms with E-state index < -0.39 is 9.73 Å². The number of fused-ring (bicyclic) bond motifs is 2. The van der Waals surface area contributed by atoms with Crippen molar-refractivity contribution in [2.75, 3.05) is 6.61 Å². The fraction of sp³-hybridized carbons (Fsp3) is 0.273. The first-order valence-electron chi connectivity index (χ1n) is 9.09. The summed E-state index contributed by atoms with van der Waals surface area (Å²) in [6.07, 6.45) is 1.68. The van der Waals surface area contributed by atoms with Crippen molar-refractivity contribution in [1.29, 1.82) is 0 Å². The third-order valence-corrected chi connectivity index (χ3v) is 7.45. The van der Waals surface area contributed by atoms with Gasteiger partial charge in [-0.2, -0.15) is 4.36 Å².